The Bertz CT molecular complexity index is 368. The van der Waals surface area contributed by atoms with Crippen molar-refractivity contribution in [3.63, 3.8) is 0 Å². The highest BCUT2D eigenvalue weighted by molar-refractivity contribution is 7.12. The number of aryl methyl sites for hydroxylation is 2. The molecule has 0 spiro atoms. The van der Waals surface area contributed by atoms with Crippen molar-refractivity contribution in [2.45, 2.75) is 51.5 Å². The molecule has 0 aliphatic heterocycles. The molecule has 2 aliphatic rings. The maximum Gasteiger partial charge on any atom is 0.0180 e. The minimum atomic E-state index is 0.341. The number of rotatable bonds is 1. The second-order valence-electron chi connectivity index (χ2n) is 5.63. The van der Waals surface area contributed by atoms with Gasteiger partial charge < -0.3 is 5.73 Å². The molecule has 0 saturated heterocycles. The van der Waals surface area contributed by atoms with E-state index in [2.05, 4.69) is 19.9 Å². The van der Waals surface area contributed by atoms with Crippen molar-refractivity contribution in [2.24, 2.45) is 11.1 Å². The van der Waals surface area contributed by atoms with E-state index in [4.69, 9.17) is 5.73 Å². The molecule has 1 heterocycles. The predicted octanol–water partition coefficient (Wildman–Crippen LogP) is 3.08. The molecule has 3 rings (SSSR count). The van der Waals surface area contributed by atoms with Crippen LogP contribution >= 0.6 is 11.3 Å². The van der Waals surface area contributed by atoms with Gasteiger partial charge in [0.05, 0.1) is 0 Å². The first-order valence-corrected chi connectivity index (χ1v) is 6.79. The Morgan fingerprint density at radius 3 is 2.60 bits per heavy atom. The summed E-state index contributed by atoms with van der Waals surface area (Å²) in [5.41, 5.74) is 8.10. The summed E-state index contributed by atoms with van der Waals surface area (Å²) >= 11 is 2.03. The lowest BCUT2D eigenvalue weighted by atomic mass is 9.98. The molecule has 2 heteroatoms. The highest BCUT2D eigenvalue weighted by Gasteiger charge is 2.56. The maximum atomic E-state index is 6.14. The second-order valence-corrected chi connectivity index (χ2v) is 6.80. The third-order valence-electron chi connectivity index (χ3n) is 4.23. The van der Waals surface area contributed by atoms with Gasteiger partial charge in [0.2, 0.25) is 0 Å². The Labute approximate surface area is 95.7 Å². The fourth-order valence-corrected chi connectivity index (χ4v) is 4.49. The highest BCUT2D eigenvalue weighted by atomic mass is 32.1. The quantitative estimate of drug-likeness (QED) is 0.775. The SMILES string of the molecule is CC1(C)C(N)C1c1cc2c(s1)CCCC2. The molecule has 0 amide bonds. The topological polar surface area (TPSA) is 26.0 Å². The number of fused-ring (bicyclic) bond motifs is 1. The summed E-state index contributed by atoms with van der Waals surface area (Å²) in [4.78, 5) is 3.20. The Hall–Kier alpha value is -0.340. The molecule has 1 saturated carbocycles. The van der Waals surface area contributed by atoms with Crippen molar-refractivity contribution in [1.29, 1.82) is 0 Å². The molecular weight excluding hydrogens is 202 g/mol. The molecular formula is C13H19NS. The third-order valence-corrected chi connectivity index (χ3v) is 5.55. The van der Waals surface area contributed by atoms with Gasteiger partial charge in [0.1, 0.15) is 0 Å². The van der Waals surface area contributed by atoms with Crippen molar-refractivity contribution in [3.05, 3.63) is 21.4 Å². The first-order chi connectivity index (χ1) is 7.10. The van der Waals surface area contributed by atoms with Crippen LogP contribution in [0.1, 0.15) is 47.9 Å². The van der Waals surface area contributed by atoms with E-state index < -0.39 is 0 Å². The minimum absolute atomic E-state index is 0.341. The van der Waals surface area contributed by atoms with Gasteiger partial charge in [-0.1, -0.05) is 13.8 Å². The minimum Gasteiger partial charge on any atom is -0.327 e. The first-order valence-electron chi connectivity index (χ1n) is 5.98. The lowest BCUT2D eigenvalue weighted by molar-refractivity contribution is 0.601. The average molecular weight is 221 g/mol. The van der Waals surface area contributed by atoms with E-state index in [1.54, 1.807) is 15.3 Å². The van der Waals surface area contributed by atoms with Gasteiger partial charge in [-0.3, -0.25) is 0 Å². The van der Waals surface area contributed by atoms with Crippen LogP contribution in [0.5, 0.6) is 0 Å². The molecule has 1 aromatic heterocycles. The Morgan fingerprint density at radius 1 is 1.33 bits per heavy atom. The molecule has 0 bridgehead atoms. The zero-order chi connectivity index (χ0) is 10.6. The van der Waals surface area contributed by atoms with Crippen LogP contribution in [-0.2, 0) is 12.8 Å². The number of hydrogen-bond acceptors (Lipinski definition) is 2. The van der Waals surface area contributed by atoms with E-state index in [0.29, 0.717) is 17.4 Å². The van der Waals surface area contributed by atoms with Crippen LogP contribution < -0.4 is 5.73 Å². The average Bonchev–Trinajstić information content (AvgIpc) is 2.61. The monoisotopic (exact) mass is 221 g/mol. The van der Waals surface area contributed by atoms with Crippen LogP contribution in [-0.4, -0.2) is 6.04 Å². The van der Waals surface area contributed by atoms with Crippen LogP contribution in [0.2, 0.25) is 0 Å². The molecule has 2 N–H and O–H groups in total. The first kappa shape index (κ1) is 9.86. The molecule has 1 aromatic rings. The maximum absolute atomic E-state index is 6.14. The van der Waals surface area contributed by atoms with E-state index >= 15 is 0 Å². The van der Waals surface area contributed by atoms with Gasteiger partial charge in [-0.2, -0.15) is 0 Å². The van der Waals surface area contributed by atoms with E-state index in [1.807, 2.05) is 11.3 Å². The highest BCUT2D eigenvalue weighted by Crippen LogP contribution is 2.59. The largest absolute Gasteiger partial charge is 0.327 e. The normalized spacial score (nSPS) is 32.5. The van der Waals surface area contributed by atoms with Crippen molar-refractivity contribution in [2.75, 3.05) is 0 Å². The molecule has 2 unspecified atom stereocenters. The van der Waals surface area contributed by atoms with Crippen LogP contribution in [0.25, 0.3) is 0 Å². The molecule has 1 fully saturated rings. The van der Waals surface area contributed by atoms with Crippen LogP contribution in [0.15, 0.2) is 6.07 Å². The Balaban J connectivity index is 1.91. The van der Waals surface area contributed by atoms with Crippen molar-refractivity contribution in [1.82, 2.24) is 0 Å². The molecule has 0 radical (unpaired) electrons. The number of nitrogens with two attached hydrogens (primary N) is 1. The van der Waals surface area contributed by atoms with Gasteiger partial charge in [0, 0.05) is 21.7 Å². The lowest BCUT2D eigenvalue weighted by Gasteiger charge is -2.08. The molecule has 1 nitrogen and oxygen atoms in total. The predicted molar refractivity (Wildman–Crippen MR) is 65.5 cm³/mol. The van der Waals surface area contributed by atoms with Crippen molar-refractivity contribution < 1.29 is 0 Å². The van der Waals surface area contributed by atoms with E-state index in [0.717, 1.165) is 0 Å². The third kappa shape index (κ3) is 1.38. The van der Waals surface area contributed by atoms with Gasteiger partial charge in [-0.05, 0) is 42.7 Å². The molecule has 15 heavy (non-hydrogen) atoms. The zero-order valence-electron chi connectivity index (χ0n) is 9.55. The molecule has 0 aromatic carbocycles. The van der Waals surface area contributed by atoms with E-state index in [1.165, 1.54) is 25.7 Å². The van der Waals surface area contributed by atoms with Gasteiger partial charge in [-0.15, -0.1) is 11.3 Å². The summed E-state index contributed by atoms with van der Waals surface area (Å²) in [5, 5.41) is 0. The molecule has 82 valence electrons. The van der Waals surface area contributed by atoms with Gasteiger partial charge in [0.15, 0.2) is 0 Å². The van der Waals surface area contributed by atoms with Gasteiger partial charge in [-0.25, -0.2) is 0 Å². The number of thiophene rings is 1. The zero-order valence-corrected chi connectivity index (χ0v) is 10.4. The smallest absolute Gasteiger partial charge is 0.0180 e. The fraction of sp³-hybridized carbons (Fsp3) is 0.692. The van der Waals surface area contributed by atoms with Gasteiger partial charge >= 0.3 is 0 Å². The van der Waals surface area contributed by atoms with Crippen LogP contribution in [0.3, 0.4) is 0 Å². The fourth-order valence-electron chi connectivity index (χ4n) is 2.89. The van der Waals surface area contributed by atoms with Crippen LogP contribution in [0.4, 0.5) is 0 Å². The summed E-state index contributed by atoms with van der Waals surface area (Å²) in [5.74, 6) is 0.632. The summed E-state index contributed by atoms with van der Waals surface area (Å²) in [6.07, 6.45) is 5.37. The standard InChI is InChI=1S/C13H19NS/c1-13(2)11(12(13)14)10-7-8-5-3-4-6-9(8)15-10/h7,11-12H,3-6,14H2,1-2H3. The van der Waals surface area contributed by atoms with Gasteiger partial charge in [0.25, 0.3) is 0 Å². The number of hydrogen-bond donors (Lipinski definition) is 1. The Kier molecular flexibility index (Phi) is 2.02. The second kappa shape index (κ2) is 3.08. The van der Waals surface area contributed by atoms with Crippen LogP contribution in [0, 0.1) is 5.41 Å². The Morgan fingerprint density at radius 2 is 2.00 bits per heavy atom. The van der Waals surface area contributed by atoms with E-state index in [9.17, 15) is 0 Å². The van der Waals surface area contributed by atoms with E-state index in [-0.39, 0.29) is 0 Å². The van der Waals surface area contributed by atoms with Crippen molar-refractivity contribution >= 4 is 11.3 Å². The summed E-state index contributed by atoms with van der Waals surface area (Å²) in [7, 11) is 0. The summed E-state index contributed by atoms with van der Waals surface area (Å²) in [6, 6.07) is 2.83. The van der Waals surface area contributed by atoms with Crippen molar-refractivity contribution in [3.8, 4) is 0 Å². The lowest BCUT2D eigenvalue weighted by Crippen LogP contribution is -2.06. The summed E-state index contributed by atoms with van der Waals surface area (Å²) in [6.45, 7) is 4.59. The summed E-state index contributed by atoms with van der Waals surface area (Å²) < 4.78 is 0. The molecule has 2 atom stereocenters. The molecule has 2 aliphatic carbocycles.